The number of hydrogen-bond acceptors (Lipinski definition) is 9. The first-order chi connectivity index (χ1) is 17.1. The molecule has 5 rings (SSSR count). The summed E-state index contributed by atoms with van der Waals surface area (Å²) in [7, 11) is 0. The number of aromatic nitrogens is 6. The van der Waals surface area contributed by atoms with Crippen molar-refractivity contribution < 1.29 is 9.47 Å². The quantitative estimate of drug-likeness (QED) is 0.385. The second kappa shape index (κ2) is 10.2. The zero-order valence-electron chi connectivity index (χ0n) is 20.3. The van der Waals surface area contributed by atoms with Gasteiger partial charge < -0.3 is 24.7 Å². The Bertz CT molecular complexity index is 1320. The Balaban J connectivity index is 1.46. The molecule has 0 atom stereocenters. The topological polar surface area (TPSA) is 112 Å². The average Bonchev–Trinajstić information content (AvgIpc) is 3.35. The lowest BCUT2D eigenvalue weighted by atomic mass is 10.1. The van der Waals surface area contributed by atoms with Gasteiger partial charge in [-0.1, -0.05) is 0 Å². The van der Waals surface area contributed by atoms with Gasteiger partial charge in [-0.15, -0.1) is 10.2 Å². The molecule has 1 aromatic carbocycles. The lowest BCUT2D eigenvalue weighted by Gasteiger charge is -2.24. The van der Waals surface area contributed by atoms with Crippen LogP contribution in [0.1, 0.15) is 32.4 Å². The average molecular weight is 475 g/mol. The van der Waals surface area contributed by atoms with E-state index in [0.29, 0.717) is 24.3 Å². The third kappa shape index (κ3) is 5.02. The maximum Gasteiger partial charge on any atom is 0.227 e. The van der Waals surface area contributed by atoms with Gasteiger partial charge >= 0.3 is 0 Å². The van der Waals surface area contributed by atoms with Gasteiger partial charge in [0.05, 0.1) is 12.3 Å². The Labute approximate surface area is 204 Å². The van der Waals surface area contributed by atoms with Gasteiger partial charge in [0, 0.05) is 48.6 Å². The van der Waals surface area contributed by atoms with Gasteiger partial charge in [0.15, 0.2) is 11.6 Å². The molecule has 1 aliphatic rings. The summed E-state index contributed by atoms with van der Waals surface area (Å²) in [6.07, 6.45) is 5.45. The van der Waals surface area contributed by atoms with Crippen LogP contribution in [0.15, 0.2) is 36.8 Å². The van der Waals surface area contributed by atoms with Crippen LogP contribution in [0.2, 0.25) is 0 Å². The highest BCUT2D eigenvalue weighted by Gasteiger charge is 2.17. The maximum absolute atomic E-state index is 5.94. The number of anilines is 3. The van der Waals surface area contributed by atoms with Crippen molar-refractivity contribution in [3.63, 3.8) is 0 Å². The molecule has 1 saturated heterocycles. The molecule has 1 aliphatic heterocycles. The monoisotopic (exact) mass is 474 g/mol. The van der Waals surface area contributed by atoms with E-state index in [-0.39, 0.29) is 0 Å². The van der Waals surface area contributed by atoms with E-state index in [4.69, 9.17) is 19.4 Å². The van der Waals surface area contributed by atoms with E-state index in [0.717, 1.165) is 72.1 Å². The Hall–Kier alpha value is -3.79. The molecule has 4 aromatic rings. The van der Waals surface area contributed by atoms with Crippen LogP contribution >= 0.6 is 0 Å². The summed E-state index contributed by atoms with van der Waals surface area (Å²) in [5.41, 5.74) is 3.41. The van der Waals surface area contributed by atoms with Crippen molar-refractivity contribution in [1.82, 2.24) is 29.7 Å². The molecule has 0 amide bonds. The van der Waals surface area contributed by atoms with Gasteiger partial charge in [0.25, 0.3) is 0 Å². The molecule has 3 aromatic heterocycles. The molecule has 182 valence electrons. The maximum atomic E-state index is 5.94. The number of benzene rings is 1. The molecule has 0 saturated carbocycles. The van der Waals surface area contributed by atoms with Gasteiger partial charge in [-0.25, -0.2) is 15.0 Å². The second-order valence-electron chi connectivity index (χ2n) is 8.48. The number of nitrogens with zero attached hydrogens (tertiary/aromatic N) is 6. The third-order valence-corrected chi connectivity index (χ3v) is 6.00. The Morgan fingerprint density at radius 2 is 2.00 bits per heavy atom. The highest BCUT2D eigenvalue weighted by Crippen LogP contribution is 2.32. The summed E-state index contributed by atoms with van der Waals surface area (Å²) in [5.74, 6) is 2.74. The van der Waals surface area contributed by atoms with E-state index in [1.165, 1.54) is 0 Å². The van der Waals surface area contributed by atoms with Crippen LogP contribution in [0, 0.1) is 6.92 Å². The molecule has 1 fully saturated rings. The minimum Gasteiger partial charge on any atom is -0.492 e. The number of ether oxygens (including phenoxy) is 2. The molecule has 0 radical (unpaired) electrons. The SMILES string of the molecule is CCOc1cc(-c2nncn2CC)ccc1Nc1ncc2cc(C)nc(NC3CCOCC3)c2n1. The van der Waals surface area contributed by atoms with Gasteiger partial charge in [0.1, 0.15) is 17.6 Å². The highest BCUT2D eigenvalue weighted by molar-refractivity contribution is 5.89. The van der Waals surface area contributed by atoms with Crippen molar-refractivity contribution in [1.29, 1.82) is 0 Å². The van der Waals surface area contributed by atoms with Gasteiger partial charge in [-0.2, -0.15) is 0 Å². The first-order valence-corrected chi connectivity index (χ1v) is 12.0. The Morgan fingerprint density at radius 1 is 1.14 bits per heavy atom. The third-order valence-electron chi connectivity index (χ3n) is 6.00. The molecule has 10 nitrogen and oxygen atoms in total. The normalized spacial score (nSPS) is 14.3. The van der Waals surface area contributed by atoms with Crippen molar-refractivity contribution in [3.8, 4) is 17.1 Å². The van der Waals surface area contributed by atoms with E-state index in [1.807, 2.05) is 48.9 Å². The summed E-state index contributed by atoms with van der Waals surface area (Å²) in [6, 6.07) is 8.22. The molecule has 10 heteroatoms. The fraction of sp³-hybridized carbons (Fsp3) is 0.400. The number of pyridine rings is 1. The van der Waals surface area contributed by atoms with Crippen LogP contribution in [0.4, 0.5) is 17.5 Å². The zero-order chi connectivity index (χ0) is 24.2. The lowest BCUT2D eigenvalue weighted by Crippen LogP contribution is -2.28. The molecular weight excluding hydrogens is 444 g/mol. The summed E-state index contributed by atoms with van der Waals surface area (Å²) in [6.45, 7) is 8.83. The van der Waals surface area contributed by atoms with Crippen molar-refractivity contribution in [2.45, 2.75) is 46.2 Å². The molecule has 0 aliphatic carbocycles. The smallest absolute Gasteiger partial charge is 0.227 e. The van der Waals surface area contributed by atoms with E-state index < -0.39 is 0 Å². The second-order valence-corrected chi connectivity index (χ2v) is 8.48. The number of fused-ring (bicyclic) bond motifs is 1. The molecular formula is C25H30N8O2. The molecule has 4 heterocycles. The standard InChI is InChI=1S/C25H30N8O2/c1-4-33-15-27-32-24(33)17-6-7-20(21(13-17)35-5-2)30-25-26-14-18-12-16(3)28-23(22(18)31-25)29-19-8-10-34-11-9-19/h6-7,12-15,19H,4-5,8-11H2,1-3H3,(H,28,29)(H,26,30,31). The number of aryl methyl sites for hydroxylation is 2. The minimum absolute atomic E-state index is 0.315. The summed E-state index contributed by atoms with van der Waals surface area (Å²) in [5, 5.41) is 16.1. The van der Waals surface area contributed by atoms with Crippen molar-refractivity contribution in [3.05, 3.63) is 42.5 Å². The predicted molar refractivity (Wildman–Crippen MR) is 135 cm³/mol. The van der Waals surface area contributed by atoms with E-state index in [9.17, 15) is 0 Å². The zero-order valence-corrected chi connectivity index (χ0v) is 20.3. The van der Waals surface area contributed by atoms with Gasteiger partial charge in [-0.05, 0) is 57.9 Å². The van der Waals surface area contributed by atoms with Crippen LogP contribution in [-0.2, 0) is 11.3 Å². The van der Waals surface area contributed by atoms with Crippen LogP contribution < -0.4 is 15.4 Å². The summed E-state index contributed by atoms with van der Waals surface area (Å²) < 4.78 is 13.4. The molecule has 0 spiro atoms. The first kappa shape index (κ1) is 23.0. The van der Waals surface area contributed by atoms with Crippen LogP contribution in [-0.4, -0.2) is 55.6 Å². The fourth-order valence-corrected chi connectivity index (χ4v) is 4.24. The van der Waals surface area contributed by atoms with Crippen molar-refractivity contribution in [2.75, 3.05) is 30.5 Å². The summed E-state index contributed by atoms with van der Waals surface area (Å²) in [4.78, 5) is 14.1. The van der Waals surface area contributed by atoms with E-state index in [2.05, 4.69) is 32.7 Å². The largest absolute Gasteiger partial charge is 0.492 e. The van der Waals surface area contributed by atoms with Crippen molar-refractivity contribution >= 4 is 28.4 Å². The number of nitrogens with one attached hydrogen (secondary N) is 2. The molecule has 2 N–H and O–H groups in total. The predicted octanol–water partition coefficient (Wildman–Crippen LogP) is 4.34. The lowest BCUT2D eigenvalue weighted by molar-refractivity contribution is 0.0904. The van der Waals surface area contributed by atoms with Crippen LogP contribution in [0.25, 0.3) is 22.3 Å². The Morgan fingerprint density at radius 3 is 2.80 bits per heavy atom. The number of hydrogen-bond donors (Lipinski definition) is 2. The van der Waals surface area contributed by atoms with E-state index >= 15 is 0 Å². The molecule has 0 bridgehead atoms. The Kier molecular flexibility index (Phi) is 6.71. The minimum atomic E-state index is 0.315. The van der Waals surface area contributed by atoms with Gasteiger partial charge in [-0.3, -0.25) is 0 Å². The van der Waals surface area contributed by atoms with Gasteiger partial charge in [0.2, 0.25) is 5.95 Å². The first-order valence-electron chi connectivity index (χ1n) is 12.0. The van der Waals surface area contributed by atoms with Crippen LogP contribution in [0.5, 0.6) is 5.75 Å². The van der Waals surface area contributed by atoms with Crippen molar-refractivity contribution in [2.24, 2.45) is 0 Å². The molecule has 35 heavy (non-hydrogen) atoms. The highest BCUT2D eigenvalue weighted by atomic mass is 16.5. The number of rotatable bonds is 8. The van der Waals surface area contributed by atoms with E-state index in [1.54, 1.807) is 6.33 Å². The van der Waals surface area contributed by atoms with Crippen LogP contribution in [0.3, 0.4) is 0 Å². The fourth-order valence-electron chi connectivity index (χ4n) is 4.24. The molecule has 0 unspecified atom stereocenters. The summed E-state index contributed by atoms with van der Waals surface area (Å²) >= 11 is 0.